The Morgan fingerprint density at radius 1 is 0.913 bits per heavy atom. The molecule has 2 saturated heterocycles. The van der Waals surface area contributed by atoms with Gasteiger partial charge in [0.15, 0.2) is 0 Å². The highest BCUT2D eigenvalue weighted by atomic mass is 16.2. The van der Waals surface area contributed by atoms with Crippen LogP contribution in [0.4, 0.5) is 0 Å². The molecule has 4 amide bonds. The van der Waals surface area contributed by atoms with Crippen LogP contribution in [-0.2, 0) is 19.2 Å². The number of carbonyl (C=O) groups is 4. The number of fused-ring (bicyclic) bond motifs is 2. The highest BCUT2D eigenvalue weighted by Crippen LogP contribution is 2.47. The van der Waals surface area contributed by atoms with Crippen LogP contribution in [0.3, 0.4) is 0 Å². The van der Waals surface area contributed by atoms with Gasteiger partial charge in [-0.05, 0) is 12.3 Å². The van der Waals surface area contributed by atoms with Crippen LogP contribution in [0, 0.1) is 23.2 Å². The average Bonchev–Trinajstić information content (AvgIpc) is 2.42. The highest BCUT2D eigenvalue weighted by Gasteiger charge is 2.64. The molecule has 23 heavy (non-hydrogen) atoms. The Hall–Kier alpha value is -1.72. The standard InChI is InChI=1S/C17H26N2O4/c1-6-7-8-18-13(20)11-15(22)19(9-10(2)3)16(23)12(14(18)21)17(11,4)5/h10-12H,6-9H2,1-5H3/t11-,12+. The van der Waals surface area contributed by atoms with Crippen LogP contribution < -0.4 is 0 Å². The summed E-state index contributed by atoms with van der Waals surface area (Å²) in [5.41, 5.74) is -0.960. The van der Waals surface area contributed by atoms with Crippen molar-refractivity contribution < 1.29 is 19.2 Å². The normalized spacial score (nSPS) is 27.2. The first-order chi connectivity index (χ1) is 10.6. The fourth-order valence-corrected chi connectivity index (χ4v) is 3.57. The minimum absolute atomic E-state index is 0.0891. The van der Waals surface area contributed by atoms with Gasteiger partial charge in [-0.3, -0.25) is 29.0 Å². The van der Waals surface area contributed by atoms with Gasteiger partial charge in [-0.25, -0.2) is 0 Å². The number of nitrogens with zero attached hydrogens (tertiary/aromatic N) is 2. The molecule has 0 N–H and O–H groups in total. The molecular weight excluding hydrogens is 296 g/mol. The number of hydrogen-bond acceptors (Lipinski definition) is 4. The van der Waals surface area contributed by atoms with Crippen LogP contribution >= 0.6 is 0 Å². The maximum absolute atomic E-state index is 12.8. The fourth-order valence-electron chi connectivity index (χ4n) is 3.57. The summed E-state index contributed by atoms with van der Waals surface area (Å²) in [6, 6.07) is 0. The molecule has 0 unspecified atom stereocenters. The number of likely N-dealkylation sites (tertiary alicyclic amines) is 2. The second-order valence-electron chi connectivity index (χ2n) is 7.55. The molecule has 2 fully saturated rings. The largest absolute Gasteiger partial charge is 0.281 e. The number of piperidine rings is 2. The lowest BCUT2D eigenvalue weighted by molar-refractivity contribution is -0.184. The second-order valence-corrected chi connectivity index (χ2v) is 7.55. The van der Waals surface area contributed by atoms with Crippen LogP contribution in [0.1, 0.15) is 47.5 Å². The van der Waals surface area contributed by atoms with Gasteiger partial charge in [0, 0.05) is 18.5 Å². The minimum Gasteiger partial charge on any atom is -0.281 e. The molecule has 2 bridgehead atoms. The first kappa shape index (κ1) is 17.6. The van der Waals surface area contributed by atoms with Gasteiger partial charge in [0.05, 0.1) is 0 Å². The van der Waals surface area contributed by atoms with E-state index in [0.717, 1.165) is 16.2 Å². The SMILES string of the molecule is CCCCN1C(=O)[C@@H]2C(=O)N(CC(C)C)C(=O)[C@H](C1=O)C2(C)C. The maximum Gasteiger partial charge on any atom is 0.242 e. The molecular formula is C17H26N2O4. The summed E-state index contributed by atoms with van der Waals surface area (Å²) in [5.74, 6) is -3.61. The third kappa shape index (κ3) is 2.68. The smallest absolute Gasteiger partial charge is 0.242 e. The number of hydrogen-bond donors (Lipinski definition) is 0. The van der Waals surface area contributed by atoms with Crippen LogP contribution in [-0.4, -0.2) is 46.5 Å². The molecule has 0 spiro atoms. The van der Waals surface area contributed by atoms with Gasteiger partial charge in [-0.2, -0.15) is 0 Å². The molecule has 2 aliphatic heterocycles. The topological polar surface area (TPSA) is 74.8 Å². The Morgan fingerprint density at radius 3 is 1.74 bits per heavy atom. The van der Waals surface area contributed by atoms with E-state index >= 15 is 0 Å². The van der Waals surface area contributed by atoms with E-state index in [1.54, 1.807) is 13.8 Å². The van der Waals surface area contributed by atoms with Crippen molar-refractivity contribution in [2.45, 2.75) is 47.5 Å². The lowest BCUT2D eigenvalue weighted by Gasteiger charge is -2.51. The molecule has 2 heterocycles. The molecule has 2 aliphatic rings. The van der Waals surface area contributed by atoms with Crippen molar-refractivity contribution in [3.8, 4) is 0 Å². The van der Waals surface area contributed by atoms with Gasteiger partial charge in [0.25, 0.3) is 0 Å². The van der Waals surface area contributed by atoms with Gasteiger partial charge >= 0.3 is 0 Å². The second kappa shape index (κ2) is 6.06. The van der Waals surface area contributed by atoms with Crippen LogP contribution in [0.5, 0.6) is 0 Å². The van der Waals surface area contributed by atoms with Gasteiger partial charge in [-0.15, -0.1) is 0 Å². The van der Waals surface area contributed by atoms with Crippen LogP contribution in [0.25, 0.3) is 0 Å². The van der Waals surface area contributed by atoms with E-state index in [9.17, 15) is 19.2 Å². The van der Waals surface area contributed by atoms with E-state index in [0.29, 0.717) is 6.42 Å². The fraction of sp³-hybridized carbons (Fsp3) is 0.765. The molecule has 0 aromatic rings. The zero-order valence-corrected chi connectivity index (χ0v) is 14.6. The van der Waals surface area contributed by atoms with E-state index in [-0.39, 0.29) is 19.0 Å². The zero-order chi connectivity index (χ0) is 17.5. The van der Waals surface area contributed by atoms with Crippen LogP contribution in [0.2, 0.25) is 0 Å². The summed E-state index contributed by atoms with van der Waals surface area (Å²) >= 11 is 0. The van der Waals surface area contributed by atoms with Crippen molar-refractivity contribution in [3.63, 3.8) is 0 Å². The van der Waals surface area contributed by atoms with Gasteiger partial charge < -0.3 is 0 Å². The maximum atomic E-state index is 12.8. The van der Waals surface area contributed by atoms with Crippen molar-refractivity contribution in [2.75, 3.05) is 13.1 Å². The lowest BCUT2D eigenvalue weighted by Crippen LogP contribution is -2.70. The molecule has 0 aliphatic carbocycles. The summed E-state index contributed by atoms with van der Waals surface area (Å²) in [4.78, 5) is 53.3. The summed E-state index contributed by atoms with van der Waals surface area (Å²) in [5, 5.41) is 0. The number of amides is 4. The van der Waals surface area contributed by atoms with Crippen molar-refractivity contribution in [1.82, 2.24) is 9.80 Å². The van der Waals surface area contributed by atoms with E-state index in [4.69, 9.17) is 0 Å². The van der Waals surface area contributed by atoms with Crippen molar-refractivity contribution in [1.29, 1.82) is 0 Å². The number of imide groups is 2. The Morgan fingerprint density at radius 2 is 1.35 bits per heavy atom. The molecule has 6 nitrogen and oxygen atoms in total. The molecule has 0 saturated carbocycles. The molecule has 128 valence electrons. The predicted molar refractivity (Wildman–Crippen MR) is 83.9 cm³/mol. The van der Waals surface area contributed by atoms with E-state index < -0.39 is 40.9 Å². The molecule has 2 atom stereocenters. The highest BCUT2D eigenvalue weighted by molar-refractivity contribution is 6.22. The molecule has 0 aromatic heterocycles. The quantitative estimate of drug-likeness (QED) is 0.567. The Bertz CT molecular complexity index is 515. The third-order valence-electron chi connectivity index (χ3n) is 4.82. The molecule has 2 rings (SSSR count). The first-order valence-corrected chi connectivity index (χ1v) is 8.35. The number of carbonyl (C=O) groups excluding carboxylic acids is 4. The Labute approximate surface area is 137 Å². The molecule has 0 radical (unpaired) electrons. The summed E-state index contributed by atoms with van der Waals surface area (Å²) < 4.78 is 0. The third-order valence-corrected chi connectivity index (χ3v) is 4.82. The van der Waals surface area contributed by atoms with E-state index in [1.165, 1.54) is 0 Å². The monoisotopic (exact) mass is 322 g/mol. The van der Waals surface area contributed by atoms with Crippen molar-refractivity contribution >= 4 is 23.6 Å². The predicted octanol–water partition coefficient (Wildman–Crippen LogP) is 1.44. The Kier molecular flexibility index (Phi) is 4.64. The van der Waals surface area contributed by atoms with E-state index in [2.05, 4.69) is 0 Å². The molecule has 0 aromatic carbocycles. The van der Waals surface area contributed by atoms with Gasteiger partial charge in [0.1, 0.15) is 11.8 Å². The minimum atomic E-state index is -0.960. The summed E-state index contributed by atoms with van der Waals surface area (Å²) in [6.45, 7) is 9.64. The van der Waals surface area contributed by atoms with Crippen molar-refractivity contribution in [3.05, 3.63) is 0 Å². The summed E-state index contributed by atoms with van der Waals surface area (Å²) in [6.07, 6.45) is 1.51. The van der Waals surface area contributed by atoms with Gasteiger partial charge in [-0.1, -0.05) is 41.0 Å². The lowest BCUT2D eigenvalue weighted by atomic mass is 9.62. The number of rotatable bonds is 5. The zero-order valence-electron chi connectivity index (χ0n) is 14.6. The van der Waals surface area contributed by atoms with E-state index in [1.807, 2.05) is 20.8 Å². The first-order valence-electron chi connectivity index (χ1n) is 8.35. The summed E-state index contributed by atoms with van der Waals surface area (Å²) in [7, 11) is 0. The van der Waals surface area contributed by atoms with Crippen LogP contribution in [0.15, 0.2) is 0 Å². The Balaban J connectivity index is 2.44. The molecule has 6 heteroatoms. The average molecular weight is 322 g/mol. The number of unbranched alkanes of at least 4 members (excludes halogenated alkanes) is 1. The van der Waals surface area contributed by atoms with Crippen molar-refractivity contribution in [2.24, 2.45) is 23.2 Å². The van der Waals surface area contributed by atoms with Gasteiger partial charge in [0.2, 0.25) is 23.6 Å².